The highest BCUT2D eigenvalue weighted by Gasteiger charge is 2.14. The Bertz CT molecular complexity index is 723. The molecule has 24 heavy (non-hydrogen) atoms. The van der Waals surface area contributed by atoms with Crippen molar-refractivity contribution in [2.45, 2.75) is 32.6 Å². The molecule has 2 aromatic carbocycles. The van der Waals surface area contributed by atoms with Gasteiger partial charge in [0.25, 0.3) is 0 Å². The maximum absolute atomic E-state index is 13.6. The van der Waals surface area contributed by atoms with Gasteiger partial charge in [-0.3, -0.25) is 4.79 Å². The lowest BCUT2D eigenvalue weighted by Crippen LogP contribution is -2.18. The number of carbonyl (C=O) groups is 1. The molecule has 0 unspecified atom stereocenters. The van der Waals surface area contributed by atoms with Gasteiger partial charge < -0.3 is 10.2 Å². The molecule has 126 valence electrons. The second-order valence-electron chi connectivity index (χ2n) is 6.33. The number of hydrogen-bond acceptors (Lipinski definition) is 2. The van der Waals surface area contributed by atoms with Crippen LogP contribution in [0, 0.1) is 12.7 Å². The highest BCUT2D eigenvalue weighted by molar-refractivity contribution is 5.91. The molecule has 1 saturated heterocycles. The molecule has 1 amide bonds. The molecule has 2 aromatic rings. The van der Waals surface area contributed by atoms with E-state index in [4.69, 9.17) is 0 Å². The summed E-state index contributed by atoms with van der Waals surface area (Å²) in [5.41, 5.74) is 3.68. The molecular weight excluding hydrogens is 303 g/mol. The third-order valence-corrected chi connectivity index (χ3v) is 4.53. The van der Waals surface area contributed by atoms with Gasteiger partial charge in [0.05, 0.1) is 0 Å². The zero-order valence-electron chi connectivity index (χ0n) is 14.0. The van der Waals surface area contributed by atoms with Crippen molar-refractivity contribution in [2.75, 3.05) is 23.3 Å². The summed E-state index contributed by atoms with van der Waals surface area (Å²) in [7, 11) is 0. The van der Waals surface area contributed by atoms with Gasteiger partial charge in [0, 0.05) is 30.9 Å². The molecule has 0 bridgehead atoms. The van der Waals surface area contributed by atoms with Crippen LogP contribution in [0.3, 0.4) is 0 Å². The Balaban J connectivity index is 1.59. The van der Waals surface area contributed by atoms with Gasteiger partial charge in [-0.1, -0.05) is 18.2 Å². The molecule has 0 aromatic heterocycles. The maximum atomic E-state index is 13.6. The van der Waals surface area contributed by atoms with Gasteiger partial charge in [-0.15, -0.1) is 0 Å². The Kier molecular flexibility index (Phi) is 5.14. The van der Waals surface area contributed by atoms with E-state index in [-0.39, 0.29) is 18.1 Å². The van der Waals surface area contributed by atoms with E-state index in [0.717, 1.165) is 24.3 Å². The maximum Gasteiger partial charge on any atom is 0.224 e. The summed E-state index contributed by atoms with van der Waals surface area (Å²) in [6, 6.07) is 12.7. The summed E-state index contributed by atoms with van der Waals surface area (Å²) in [6.07, 6.45) is 3.17. The van der Waals surface area contributed by atoms with Crippen LogP contribution in [-0.4, -0.2) is 19.0 Å². The molecule has 0 aliphatic carbocycles. The van der Waals surface area contributed by atoms with Gasteiger partial charge in [-0.05, 0) is 61.6 Å². The second-order valence-corrected chi connectivity index (χ2v) is 6.33. The number of aryl methyl sites for hydroxylation is 2. The fourth-order valence-electron chi connectivity index (χ4n) is 3.12. The predicted molar refractivity (Wildman–Crippen MR) is 96.0 cm³/mol. The molecule has 1 aliphatic heterocycles. The molecule has 1 N–H and O–H groups in total. The first kappa shape index (κ1) is 16.5. The summed E-state index contributed by atoms with van der Waals surface area (Å²) in [5, 5.41) is 2.94. The van der Waals surface area contributed by atoms with Gasteiger partial charge in [-0.2, -0.15) is 0 Å². The van der Waals surface area contributed by atoms with E-state index < -0.39 is 0 Å². The highest BCUT2D eigenvalue weighted by Crippen LogP contribution is 2.25. The van der Waals surface area contributed by atoms with Crippen molar-refractivity contribution in [3.05, 3.63) is 59.4 Å². The van der Waals surface area contributed by atoms with Gasteiger partial charge >= 0.3 is 0 Å². The largest absolute Gasteiger partial charge is 0.372 e. The van der Waals surface area contributed by atoms with E-state index in [1.54, 1.807) is 18.2 Å². The SMILES string of the molecule is Cc1cc(N2CCCC2)ccc1NC(=O)CCc1ccccc1F. The van der Waals surface area contributed by atoms with Gasteiger partial charge in [0.15, 0.2) is 0 Å². The van der Waals surface area contributed by atoms with E-state index in [2.05, 4.69) is 22.3 Å². The number of anilines is 2. The monoisotopic (exact) mass is 326 g/mol. The summed E-state index contributed by atoms with van der Waals surface area (Å²) >= 11 is 0. The first-order valence-electron chi connectivity index (χ1n) is 8.52. The fraction of sp³-hybridized carbons (Fsp3) is 0.350. The van der Waals surface area contributed by atoms with E-state index in [1.165, 1.54) is 24.6 Å². The van der Waals surface area contributed by atoms with Crippen LogP contribution in [0.25, 0.3) is 0 Å². The zero-order valence-corrected chi connectivity index (χ0v) is 14.0. The van der Waals surface area contributed by atoms with Crippen molar-refractivity contribution in [1.29, 1.82) is 0 Å². The number of amides is 1. The molecule has 0 spiro atoms. The van der Waals surface area contributed by atoms with Gasteiger partial charge in [0.1, 0.15) is 5.82 Å². The first-order valence-corrected chi connectivity index (χ1v) is 8.52. The number of nitrogens with zero attached hydrogens (tertiary/aromatic N) is 1. The van der Waals surface area contributed by atoms with Gasteiger partial charge in [-0.25, -0.2) is 4.39 Å². The van der Waals surface area contributed by atoms with Crippen LogP contribution in [0.15, 0.2) is 42.5 Å². The van der Waals surface area contributed by atoms with Crippen molar-refractivity contribution < 1.29 is 9.18 Å². The van der Waals surface area contributed by atoms with Gasteiger partial charge in [0.2, 0.25) is 5.91 Å². The lowest BCUT2D eigenvalue weighted by atomic mass is 10.1. The normalized spacial score (nSPS) is 14.0. The molecule has 0 saturated carbocycles. The summed E-state index contributed by atoms with van der Waals surface area (Å²) in [4.78, 5) is 14.5. The lowest BCUT2D eigenvalue weighted by Gasteiger charge is -2.19. The topological polar surface area (TPSA) is 32.3 Å². The van der Waals surface area contributed by atoms with E-state index in [0.29, 0.717) is 12.0 Å². The molecule has 0 radical (unpaired) electrons. The number of hydrogen-bond donors (Lipinski definition) is 1. The average Bonchev–Trinajstić information content (AvgIpc) is 3.10. The van der Waals surface area contributed by atoms with Crippen LogP contribution in [0.4, 0.5) is 15.8 Å². The molecule has 0 atom stereocenters. The van der Waals surface area contributed by atoms with Crippen LogP contribution >= 0.6 is 0 Å². The van der Waals surface area contributed by atoms with Crippen molar-refractivity contribution in [2.24, 2.45) is 0 Å². The number of halogens is 1. The Morgan fingerprint density at radius 3 is 2.62 bits per heavy atom. The molecule has 1 aliphatic rings. The highest BCUT2D eigenvalue weighted by atomic mass is 19.1. The van der Waals surface area contributed by atoms with Crippen molar-refractivity contribution in [3.63, 3.8) is 0 Å². The predicted octanol–water partition coefficient (Wildman–Crippen LogP) is 4.31. The Morgan fingerprint density at radius 1 is 1.17 bits per heavy atom. The van der Waals surface area contributed by atoms with E-state index in [1.807, 2.05) is 13.0 Å². The lowest BCUT2D eigenvalue weighted by molar-refractivity contribution is -0.116. The molecule has 1 heterocycles. The van der Waals surface area contributed by atoms with Crippen LogP contribution in [-0.2, 0) is 11.2 Å². The Hall–Kier alpha value is -2.36. The van der Waals surface area contributed by atoms with E-state index >= 15 is 0 Å². The third-order valence-electron chi connectivity index (χ3n) is 4.53. The molecule has 3 rings (SSSR count). The van der Waals surface area contributed by atoms with Crippen LogP contribution in [0.1, 0.15) is 30.4 Å². The Morgan fingerprint density at radius 2 is 1.92 bits per heavy atom. The number of carbonyl (C=O) groups excluding carboxylic acids is 1. The molecular formula is C20H23FN2O. The fourth-order valence-corrected chi connectivity index (χ4v) is 3.12. The quantitative estimate of drug-likeness (QED) is 0.888. The number of benzene rings is 2. The average molecular weight is 326 g/mol. The first-order chi connectivity index (χ1) is 11.6. The second kappa shape index (κ2) is 7.47. The van der Waals surface area contributed by atoms with Crippen molar-refractivity contribution >= 4 is 17.3 Å². The van der Waals surface area contributed by atoms with Crippen LogP contribution in [0.2, 0.25) is 0 Å². The molecule has 3 nitrogen and oxygen atoms in total. The number of nitrogens with one attached hydrogen (secondary N) is 1. The minimum Gasteiger partial charge on any atom is -0.372 e. The summed E-state index contributed by atoms with van der Waals surface area (Å²) in [6.45, 7) is 4.22. The van der Waals surface area contributed by atoms with Crippen molar-refractivity contribution in [3.8, 4) is 0 Å². The minimum atomic E-state index is -0.253. The van der Waals surface area contributed by atoms with E-state index in [9.17, 15) is 9.18 Å². The zero-order chi connectivity index (χ0) is 16.9. The third kappa shape index (κ3) is 3.94. The molecule has 4 heteroatoms. The molecule has 1 fully saturated rings. The van der Waals surface area contributed by atoms with Crippen LogP contribution in [0.5, 0.6) is 0 Å². The smallest absolute Gasteiger partial charge is 0.224 e. The minimum absolute atomic E-state index is 0.0877. The Labute approximate surface area is 142 Å². The van der Waals surface area contributed by atoms with Crippen molar-refractivity contribution in [1.82, 2.24) is 0 Å². The van der Waals surface area contributed by atoms with Crippen LogP contribution < -0.4 is 10.2 Å². The standard InChI is InChI=1S/C20H23FN2O/c1-15-14-17(23-12-4-5-13-23)9-10-19(15)22-20(24)11-8-16-6-2-3-7-18(16)21/h2-3,6-7,9-10,14H,4-5,8,11-13H2,1H3,(H,22,24). The number of rotatable bonds is 5. The summed E-state index contributed by atoms with van der Waals surface area (Å²) in [5.74, 6) is -0.341. The summed E-state index contributed by atoms with van der Waals surface area (Å²) < 4.78 is 13.6.